The van der Waals surface area contributed by atoms with Crippen LogP contribution in [-0.4, -0.2) is 57.2 Å². The minimum atomic E-state index is -0.448. The van der Waals surface area contributed by atoms with E-state index in [0.717, 1.165) is 36.9 Å². The van der Waals surface area contributed by atoms with Crippen LogP contribution in [0, 0.1) is 5.82 Å². The summed E-state index contributed by atoms with van der Waals surface area (Å²) in [6.45, 7) is 1.96. The maximum absolute atomic E-state index is 14.2. The van der Waals surface area contributed by atoms with E-state index in [1.807, 2.05) is 51.9 Å². The molecule has 0 radical (unpaired) electrons. The standard InChI is InChI=1S/C28H33FN4O2/c29-23-11-5-4-8-20(23)14-15-22-18-30-16-17-32(22)28(35)26-27(21-9-2-1-3-10-21)33(19-31-26)24-12-6-7-13-25(24)34/h1-5,8-11,19,22,24-25,30,34H,6-7,12-18H2/t22?,24-,25+/m0/s1. The van der Waals surface area contributed by atoms with Crippen LogP contribution < -0.4 is 5.32 Å². The number of halogens is 1. The summed E-state index contributed by atoms with van der Waals surface area (Å²) < 4.78 is 16.2. The zero-order valence-electron chi connectivity index (χ0n) is 19.9. The van der Waals surface area contributed by atoms with Crippen molar-refractivity contribution < 1.29 is 14.3 Å². The summed E-state index contributed by atoms with van der Waals surface area (Å²) in [5.74, 6) is -0.307. The summed E-state index contributed by atoms with van der Waals surface area (Å²) >= 11 is 0. The highest BCUT2D eigenvalue weighted by atomic mass is 19.1. The second-order valence-electron chi connectivity index (χ2n) is 9.62. The molecule has 1 saturated carbocycles. The number of aliphatic hydroxyl groups excluding tert-OH is 1. The number of amides is 1. The van der Waals surface area contributed by atoms with Gasteiger partial charge in [0.15, 0.2) is 5.69 Å². The van der Waals surface area contributed by atoms with E-state index >= 15 is 0 Å². The van der Waals surface area contributed by atoms with Gasteiger partial charge in [0.25, 0.3) is 5.91 Å². The Morgan fingerprint density at radius 1 is 1.09 bits per heavy atom. The molecule has 35 heavy (non-hydrogen) atoms. The Morgan fingerprint density at radius 2 is 1.86 bits per heavy atom. The molecule has 184 valence electrons. The fourth-order valence-electron chi connectivity index (χ4n) is 5.51. The number of nitrogens with one attached hydrogen (secondary N) is 1. The number of rotatable bonds is 6. The lowest BCUT2D eigenvalue weighted by Gasteiger charge is -2.36. The molecule has 1 aliphatic carbocycles. The predicted molar refractivity (Wildman–Crippen MR) is 134 cm³/mol. The van der Waals surface area contributed by atoms with Crippen molar-refractivity contribution in [3.8, 4) is 11.3 Å². The van der Waals surface area contributed by atoms with Crippen molar-refractivity contribution in [2.45, 2.75) is 56.7 Å². The van der Waals surface area contributed by atoms with Crippen molar-refractivity contribution in [1.29, 1.82) is 0 Å². The molecule has 2 N–H and O–H groups in total. The van der Waals surface area contributed by atoms with E-state index in [2.05, 4.69) is 10.3 Å². The number of carbonyl (C=O) groups is 1. The molecular weight excluding hydrogens is 443 g/mol. The van der Waals surface area contributed by atoms with Gasteiger partial charge < -0.3 is 19.9 Å². The lowest BCUT2D eigenvalue weighted by molar-refractivity contribution is 0.0618. The second-order valence-corrected chi connectivity index (χ2v) is 9.62. The van der Waals surface area contributed by atoms with Crippen molar-refractivity contribution in [3.05, 3.63) is 78.0 Å². The molecular formula is C28H33FN4O2. The van der Waals surface area contributed by atoms with Gasteiger partial charge in [-0.05, 0) is 37.3 Å². The van der Waals surface area contributed by atoms with Crippen molar-refractivity contribution in [3.63, 3.8) is 0 Å². The first-order valence-electron chi connectivity index (χ1n) is 12.7. The number of hydrogen-bond acceptors (Lipinski definition) is 4. The van der Waals surface area contributed by atoms with Gasteiger partial charge in [-0.2, -0.15) is 0 Å². The van der Waals surface area contributed by atoms with E-state index in [0.29, 0.717) is 43.7 Å². The number of hydrogen-bond donors (Lipinski definition) is 2. The molecule has 2 aliphatic rings. The van der Waals surface area contributed by atoms with Crippen LogP contribution in [0.15, 0.2) is 60.9 Å². The smallest absolute Gasteiger partial charge is 0.275 e. The van der Waals surface area contributed by atoms with Crippen LogP contribution in [0.2, 0.25) is 0 Å². The highest BCUT2D eigenvalue weighted by Gasteiger charge is 2.34. The summed E-state index contributed by atoms with van der Waals surface area (Å²) in [6, 6.07) is 16.5. The van der Waals surface area contributed by atoms with Gasteiger partial charge in [0.1, 0.15) is 5.82 Å². The van der Waals surface area contributed by atoms with Crippen molar-refractivity contribution >= 4 is 5.91 Å². The fraction of sp³-hybridized carbons (Fsp3) is 0.429. The van der Waals surface area contributed by atoms with Gasteiger partial charge in [0.05, 0.1) is 24.2 Å². The monoisotopic (exact) mass is 476 g/mol. The summed E-state index contributed by atoms with van der Waals surface area (Å²) in [7, 11) is 0. The maximum atomic E-state index is 14.2. The Labute approximate surface area is 205 Å². The van der Waals surface area contributed by atoms with Gasteiger partial charge in [-0.1, -0.05) is 61.4 Å². The van der Waals surface area contributed by atoms with E-state index in [1.54, 1.807) is 12.4 Å². The Kier molecular flexibility index (Phi) is 7.25. The lowest BCUT2D eigenvalue weighted by Crippen LogP contribution is -2.54. The van der Waals surface area contributed by atoms with Gasteiger partial charge in [0, 0.05) is 31.2 Å². The number of aromatic nitrogens is 2. The van der Waals surface area contributed by atoms with Gasteiger partial charge >= 0.3 is 0 Å². The second kappa shape index (κ2) is 10.7. The molecule has 2 fully saturated rings. The number of carbonyl (C=O) groups excluding carboxylic acids is 1. The molecule has 6 nitrogen and oxygen atoms in total. The average Bonchev–Trinajstić information content (AvgIpc) is 3.34. The van der Waals surface area contributed by atoms with Crippen molar-refractivity contribution in [2.75, 3.05) is 19.6 Å². The van der Waals surface area contributed by atoms with E-state index in [9.17, 15) is 14.3 Å². The fourth-order valence-corrected chi connectivity index (χ4v) is 5.51. The quantitative estimate of drug-likeness (QED) is 0.559. The Morgan fingerprint density at radius 3 is 2.66 bits per heavy atom. The molecule has 0 bridgehead atoms. The zero-order valence-corrected chi connectivity index (χ0v) is 19.9. The van der Waals surface area contributed by atoms with Crippen LogP contribution in [0.5, 0.6) is 0 Å². The summed E-state index contributed by atoms with van der Waals surface area (Å²) in [5.41, 5.74) is 2.79. The van der Waals surface area contributed by atoms with Gasteiger partial charge in [-0.15, -0.1) is 0 Å². The SMILES string of the molecule is O=C(c1ncn([C@H]2CCCC[C@H]2O)c1-c1ccccc1)N1CCNCC1CCc1ccccc1F. The Hall–Kier alpha value is -3.03. The molecule has 7 heteroatoms. The third-order valence-corrected chi connectivity index (χ3v) is 7.41. The van der Waals surface area contributed by atoms with Crippen LogP contribution in [0.3, 0.4) is 0 Å². The first kappa shape index (κ1) is 23.7. The molecule has 1 unspecified atom stereocenters. The predicted octanol–water partition coefficient (Wildman–Crippen LogP) is 4.21. The normalized spacial score (nSPS) is 22.8. The van der Waals surface area contributed by atoms with Crippen LogP contribution in [0.25, 0.3) is 11.3 Å². The van der Waals surface area contributed by atoms with E-state index in [1.165, 1.54) is 6.07 Å². The molecule has 1 amide bonds. The molecule has 3 aromatic rings. The largest absolute Gasteiger partial charge is 0.391 e. The highest BCUT2D eigenvalue weighted by molar-refractivity contribution is 5.98. The Bertz CT molecular complexity index is 1150. The molecule has 2 heterocycles. The third kappa shape index (κ3) is 5.02. The minimum absolute atomic E-state index is 0.0510. The van der Waals surface area contributed by atoms with Crippen LogP contribution in [-0.2, 0) is 6.42 Å². The Balaban J connectivity index is 1.45. The van der Waals surface area contributed by atoms with E-state index in [4.69, 9.17) is 0 Å². The number of aryl methyl sites for hydroxylation is 1. The average molecular weight is 477 g/mol. The van der Waals surface area contributed by atoms with E-state index < -0.39 is 6.10 Å². The van der Waals surface area contributed by atoms with Gasteiger partial charge in [-0.25, -0.2) is 9.37 Å². The lowest BCUT2D eigenvalue weighted by atomic mass is 9.92. The van der Waals surface area contributed by atoms with Crippen LogP contribution >= 0.6 is 0 Å². The molecule has 1 saturated heterocycles. The number of benzene rings is 2. The minimum Gasteiger partial charge on any atom is -0.391 e. The van der Waals surface area contributed by atoms with Gasteiger partial charge in [0.2, 0.25) is 0 Å². The first-order chi connectivity index (χ1) is 17.1. The highest BCUT2D eigenvalue weighted by Crippen LogP contribution is 2.35. The third-order valence-electron chi connectivity index (χ3n) is 7.41. The molecule has 1 aliphatic heterocycles. The van der Waals surface area contributed by atoms with E-state index in [-0.39, 0.29) is 23.8 Å². The number of piperazine rings is 1. The number of nitrogens with zero attached hydrogens (tertiary/aromatic N) is 3. The van der Waals surface area contributed by atoms with Crippen molar-refractivity contribution in [1.82, 2.24) is 19.8 Å². The first-order valence-corrected chi connectivity index (χ1v) is 12.7. The molecule has 3 atom stereocenters. The van der Waals surface area contributed by atoms with Crippen LogP contribution in [0.4, 0.5) is 4.39 Å². The molecule has 0 spiro atoms. The number of imidazole rings is 1. The summed E-state index contributed by atoms with van der Waals surface area (Å²) in [5, 5.41) is 14.1. The van der Waals surface area contributed by atoms with Crippen molar-refractivity contribution in [2.24, 2.45) is 0 Å². The molecule has 1 aromatic heterocycles. The zero-order chi connectivity index (χ0) is 24.2. The molecule has 2 aromatic carbocycles. The number of aliphatic hydroxyl groups is 1. The molecule has 5 rings (SSSR count). The maximum Gasteiger partial charge on any atom is 0.275 e. The van der Waals surface area contributed by atoms with Crippen LogP contribution in [0.1, 0.15) is 54.2 Å². The summed E-state index contributed by atoms with van der Waals surface area (Å²) in [4.78, 5) is 20.5. The van der Waals surface area contributed by atoms with Gasteiger partial charge in [-0.3, -0.25) is 4.79 Å². The summed E-state index contributed by atoms with van der Waals surface area (Å²) in [6.07, 6.45) is 6.21. The topological polar surface area (TPSA) is 70.4 Å².